The fraction of sp³-hybridized carbons (Fsp3) is 0.278. The minimum absolute atomic E-state index is 0.246. The van der Waals surface area contributed by atoms with Gasteiger partial charge in [0.2, 0.25) is 11.9 Å². The van der Waals surface area contributed by atoms with E-state index in [-0.39, 0.29) is 5.95 Å². The van der Waals surface area contributed by atoms with E-state index < -0.39 is 0 Å². The van der Waals surface area contributed by atoms with Crippen LogP contribution in [-0.4, -0.2) is 26.4 Å². The largest absolute Gasteiger partial charge is 0.368 e. The van der Waals surface area contributed by atoms with Crippen molar-refractivity contribution in [2.75, 3.05) is 17.6 Å². The monoisotopic (exact) mass is 352 g/mol. The number of nitrogens with two attached hydrogens (primary N) is 1. The summed E-state index contributed by atoms with van der Waals surface area (Å²) in [5, 5.41) is 5.32. The normalized spacial score (nSPS) is 17.7. The highest BCUT2D eigenvalue weighted by Crippen LogP contribution is 2.35. The minimum atomic E-state index is 0.246. The van der Waals surface area contributed by atoms with Gasteiger partial charge in [-0.15, -0.1) is 11.3 Å². The minimum Gasteiger partial charge on any atom is -0.368 e. The number of likely N-dealkylation sites (tertiary alicyclic amines) is 1. The Bertz CT molecular complexity index is 821. The van der Waals surface area contributed by atoms with Gasteiger partial charge in [0.1, 0.15) is 5.82 Å². The third kappa shape index (κ3) is 3.78. The number of hydrogen-bond donors (Lipinski definition) is 2. The Hall–Kier alpha value is -2.51. The number of rotatable bonds is 5. The van der Waals surface area contributed by atoms with Crippen molar-refractivity contribution in [3.05, 3.63) is 58.5 Å². The van der Waals surface area contributed by atoms with Gasteiger partial charge in [-0.1, -0.05) is 24.3 Å². The van der Waals surface area contributed by atoms with E-state index in [2.05, 4.69) is 42.7 Å². The molecule has 1 aromatic carbocycles. The molecule has 0 aliphatic carbocycles. The number of thiophene rings is 1. The SMILES string of the molecule is Nc1nc(CN2CCC[C@@H]2c2cccs2)nc(Nc2ccccc2)n1. The summed E-state index contributed by atoms with van der Waals surface area (Å²) in [6, 6.07) is 14.6. The van der Waals surface area contributed by atoms with Crippen LogP contribution in [0.25, 0.3) is 0 Å². The van der Waals surface area contributed by atoms with Crippen molar-refractivity contribution < 1.29 is 0 Å². The molecule has 2 aromatic heterocycles. The fourth-order valence-electron chi connectivity index (χ4n) is 3.22. The topological polar surface area (TPSA) is 80.0 Å². The molecule has 128 valence electrons. The van der Waals surface area contributed by atoms with Crippen molar-refractivity contribution >= 4 is 28.9 Å². The Morgan fingerprint density at radius 1 is 1.12 bits per heavy atom. The van der Waals surface area contributed by atoms with Crippen LogP contribution in [0, 0.1) is 0 Å². The van der Waals surface area contributed by atoms with Crippen LogP contribution in [0.15, 0.2) is 47.8 Å². The number of aromatic nitrogens is 3. The van der Waals surface area contributed by atoms with Gasteiger partial charge in [0.25, 0.3) is 0 Å². The molecule has 1 fully saturated rings. The molecule has 0 bridgehead atoms. The number of anilines is 3. The molecule has 25 heavy (non-hydrogen) atoms. The smallest absolute Gasteiger partial charge is 0.232 e. The quantitative estimate of drug-likeness (QED) is 0.730. The zero-order valence-electron chi connectivity index (χ0n) is 13.8. The molecule has 0 radical (unpaired) electrons. The molecule has 3 heterocycles. The average molecular weight is 352 g/mol. The van der Waals surface area contributed by atoms with E-state index in [4.69, 9.17) is 5.73 Å². The van der Waals surface area contributed by atoms with Crippen LogP contribution in [0.5, 0.6) is 0 Å². The molecule has 0 amide bonds. The summed E-state index contributed by atoms with van der Waals surface area (Å²) >= 11 is 1.81. The lowest BCUT2D eigenvalue weighted by Gasteiger charge is -2.22. The molecule has 1 atom stereocenters. The van der Waals surface area contributed by atoms with Crippen molar-refractivity contribution in [3.8, 4) is 0 Å². The highest BCUT2D eigenvalue weighted by Gasteiger charge is 2.27. The van der Waals surface area contributed by atoms with Crippen LogP contribution in [0.2, 0.25) is 0 Å². The van der Waals surface area contributed by atoms with E-state index in [0.717, 1.165) is 12.2 Å². The molecule has 1 aliphatic heterocycles. The summed E-state index contributed by atoms with van der Waals surface area (Å²) in [4.78, 5) is 16.9. The van der Waals surface area contributed by atoms with Crippen LogP contribution in [0.3, 0.4) is 0 Å². The summed E-state index contributed by atoms with van der Waals surface area (Å²) < 4.78 is 0. The molecule has 6 nitrogen and oxygen atoms in total. The van der Waals surface area contributed by atoms with Crippen LogP contribution in [0.1, 0.15) is 29.6 Å². The van der Waals surface area contributed by atoms with Crippen molar-refractivity contribution in [2.24, 2.45) is 0 Å². The zero-order chi connectivity index (χ0) is 17.1. The van der Waals surface area contributed by atoms with Crippen LogP contribution >= 0.6 is 11.3 Å². The first-order chi connectivity index (χ1) is 12.3. The Balaban J connectivity index is 1.52. The Kier molecular flexibility index (Phi) is 4.58. The number of para-hydroxylation sites is 1. The van der Waals surface area contributed by atoms with Crippen molar-refractivity contribution in [3.63, 3.8) is 0 Å². The third-order valence-corrected chi connectivity index (χ3v) is 5.28. The van der Waals surface area contributed by atoms with Crippen LogP contribution in [0.4, 0.5) is 17.6 Å². The number of hydrogen-bond acceptors (Lipinski definition) is 7. The summed E-state index contributed by atoms with van der Waals surface area (Å²) in [6.07, 6.45) is 2.37. The average Bonchev–Trinajstić information content (AvgIpc) is 3.26. The molecule has 1 aliphatic rings. The van der Waals surface area contributed by atoms with E-state index in [1.165, 1.54) is 17.7 Å². The lowest BCUT2D eigenvalue weighted by molar-refractivity contribution is 0.245. The van der Waals surface area contributed by atoms with Gasteiger partial charge < -0.3 is 11.1 Å². The summed E-state index contributed by atoms with van der Waals surface area (Å²) in [6.45, 7) is 1.73. The summed E-state index contributed by atoms with van der Waals surface area (Å²) in [5.41, 5.74) is 6.83. The summed E-state index contributed by atoms with van der Waals surface area (Å²) in [7, 11) is 0. The van der Waals surface area contributed by atoms with E-state index in [0.29, 0.717) is 24.4 Å². The first kappa shape index (κ1) is 16.0. The highest BCUT2D eigenvalue weighted by molar-refractivity contribution is 7.10. The molecule has 4 rings (SSSR count). The molecular weight excluding hydrogens is 332 g/mol. The lowest BCUT2D eigenvalue weighted by Crippen LogP contribution is -2.24. The second-order valence-corrected chi connectivity index (χ2v) is 7.05. The number of benzene rings is 1. The standard InChI is InChI=1S/C18H20N6S/c19-17-21-16(22-18(23-17)20-13-6-2-1-3-7-13)12-24-10-4-8-14(24)15-9-5-11-25-15/h1-3,5-7,9,11,14H,4,8,10,12H2,(H3,19,20,21,22,23)/t14-/m1/s1. The molecule has 3 aromatic rings. The molecule has 0 unspecified atom stereocenters. The first-order valence-electron chi connectivity index (χ1n) is 8.38. The van der Waals surface area contributed by atoms with Crippen molar-refractivity contribution in [1.29, 1.82) is 0 Å². The van der Waals surface area contributed by atoms with Gasteiger partial charge in [-0.25, -0.2) is 0 Å². The van der Waals surface area contributed by atoms with Gasteiger partial charge >= 0.3 is 0 Å². The molecular formula is C18H20N6S. The van der Waals surface area contributed by atoms with Gasteiger partial charge in [0.05, 0.1) is 6.54 Å². The number of nitrogen functional groups attached to an aromatic ring is 1. The van der Waals surface area contributed by atoms with Crippen molar-refractivity contribution in [1.82, 2.24) is 19.9 Å². The Morgan fingerprint density at radius 3 is 2.80 bits per heavy atom. The van der Waals surface area contributed by atoms with Gasteiger partial charge in [0.15, 0.2) is 0 Å². The Morgan fingerprint density at radius 2 is 2.00 bits per heavy atom. The fourth-order valence-corrected chi connectivity index (χ4v) is 4.11. The second kappa shape index (κ2) is 7.16. The molecule has 3 N–H and O–H groups in total. The predicted molar refractivity (Wildman–Crippen MR) is 101 cm³/mol. The van der Waals surface area contributed by atoms with E-state index in [1.807, 2.05) is 41.7 Å². The lowest BCUT2D eigenvalue weighted by atomic mass is 10.2. The molecule has 0 saturated carbocycles. The third-order valence-electron chi connectivity index (χ3n) is 4.31. The number of nitrogens with zero attached hydrogens (tertiary/aromatic N) is 4. The summed E-state index contributed by atoms with van der Waals surface area (Å²) in [5.74, 6) is 1.44. The predicted octanol–water partition coefficient (Wildman–Crippen LogP) is 3.60. The van der Waals surface area contributed by atoms with Crippen LogP contribution < -0.4 is 11.1 Å². The Labute approximate surface area is 150 Å². The molecule has 1 saturated heterocycles. The maximum atomic E-state index is 5.90. The zero-order valence-corrected chi connectivity index (χ0v) is 14.6. The van der Waals surface area contributed by atoms with Crippen LogP contribution in [-0.2, 0) is 6.54 Å². The highest BCUT2D eigenvalue weighted by atomic mass is 32.1. The second-order valence-electron chi connectivity index (χ2n) is 6.07. The van der Waals surface area contributed by atoms with Crippen molar-refractivity contribution in [2.45, 2.75) is 25.4 Å². The maximum absolute atomic E-state index is 5.90. The van der Waals surface area contributed by atoms with Gasteiger partial charge in [-0.2, -0.15) is 15.0 Å². The van der Waals surface area contributed by atoms with Gasteiger partial charge in [-0.3, -0.25) is 4.90 Å². The van der Waals surface area contributed by atoms with E-state index in [9.17, 15) is 0 Å². The van der Waals surface area contributed by atoms with Gasteiger partial charge in [0, 0.05) is 16.6 Å². The van der Waals surface area contributed by atoms with Gasteiger partial charge in [-0.05, 0) is 43.0 Å². The van der Waals surface area contributed by atoms with E-state index in [1.54, 1.807) is 0 Å². The first-order valence-corrected chi connectivity index (χ1v) is 9.26. The van der Waals surface area contributed by atoms with E-state index >= 15 is 0 Å². The molecule has 7 heteroatoms. The molecule has 0 spiro atoms. The maximum Gasteiger partial charge on any atom is 0.232 e. The number of nitrogens with one attached hydrogen (secondary N) is 1.